The quantitative estimate of drug-likeness (QED) is 0.683. The molecule has 4 heteroatoms. The van der Waals surface area contributed by atoms with E-state index < -0.39 is 0 Å². The van der Waals surface area contributed by atoms with Gasteiger partial charge in [0, 0.05) is 44.2 Å². The first-order chi connectivity index (χ1) is 13.8. The lowest BCUT2D eigenvalue weighted by atomic mass is 10.0. The number of allylic oxidation sites excluding steroid dienone is 2. The summed E-state index contributed by atoms with van der Waals surface area (Å²) in [4.78, 5) is 7.05. The highest BCUT2D eigenvalue weighted by Gasteiger charge is 2.32. The third-order valence-corrected chi connectivity index (χ3v) is 5.61. The van der Waals surface area contributed by atoms with Crippen molar-refractivity contribution in [3.63, 3.8) is 0 Å². The lowest BCUT2D eigenvalue weighted by Crippen LogP contribution is -2.38. The van der Waals surface area contributed by atoms with Gasteiger partial charge in [-0.15, -0.1) is 0 Å². The molecule has 0 fully saturated rings. The van der Waals surface area contributed by atoms with Gasteiger partial charge in [-0.05, 0) is 52.3 Å². The number of fused-ring (bicyclic) bond motifs is 1. The summed E-state index contributed by atoms with van der Waals surface area (Å²) in [6.45, 7) is 16.6. The molecular weight excluding hydrogens is 356 g/mol. The molecule has 154 valence electrons. The van der Waals surface area contributed by atoms with Gasteiger partial charge < -0.3 is 14.8 Å². The average molecular weight is 391 g/mol. The molecule has 2 heterocycles. The van der Waals surface area contributed by atoms with Gasteiger partial charge in [0.1, 0.15) is 0 Å². The van der Waals surface area contributed by atoms with Gasteiger partial charge in [0.25, 0.3) is 0 Å². The topological polar surface area (TPSA) is 32.6 Å². The van der Waals surface area contributed by atoms with Crippen LogP contribution in [0.15, 0.2) is 41.5 Å². The van der Waals surface area contributed by atoms with Crippen LogP contribution < -0.4 is 10.2 Å². The second-order valence-corrected chi connectivity index (χ2v) is 8.19. The van der Waals surface area contributed by atoms with Gasteiger partial charge >= 0.3 is 0 Å². The maximum atomic E-state index is 4.84. The zero-order valence-electron chi connectivity index (χ0n) is 18.9. The highest BCUT2D eigenvalue weighted by Crippen LogP contribution is 2.42. The molecule has 1 N–H and O–H groups in total. The van der Waals surface area contributed by atoms with Crippen molar-refractivity contribution in [3.05, 3.63) is 58.9 Å². The fraction of sp³-hybridized carbons (Fsp3) is 0.400. The Morgan fingerprint density at radius 2 is 1.86 bits per heavy atom. The molecule has 0 saturated heterocycles. The summed E-state index contributed by atoms with van der Waals surface area (Å²) in [5.74, 6) is 0. The SMILES string of the molecule is C=Cc1c(N(C)C)c2n(c1-c1cc(C)cc(C)c1)CCNC2C(C)=N/C(C)=C\C. The second kappa shape index (κ2) is 8.42. The molecule has 1 aromatic heterocycles. The van der Waals surface area contributed by atoms with Gasteiger partial charge in [0.2, 0.25) is 0 Å². The van der Waals surface area contributed by atoms with Crippen molar-refractivity contribution in [2.45, 2.75) is 47.2 Å². The molecule has 4 nitrogen and oxygen atoms in total. The number of anilines is 1. The van der Waals surface area contributed by atoms with Crippen LogP contribution in [0.5, 0.6) is 0 Å². The molecule has 0 spiro atoms. The van der Waals surface area contributed by atoms with Gasteiger partial charge in [-0.1, -0.05) is 35.9 Å². The molecule has 0 aliphatic carbocycles. The van der Waals surface area contributed by atoms with E-state index in [4.69, 9.17) is 4.99 Å². The fourth-order valence-corrected chi connectivity index (χ4v) is 4.42. The number of hydrogen-bond donors (Lipinski definition) is 1. The van der Waals surface area contributed by atoms with E-state index >= 15 is 0 Å². The lowest BCUT2D eigenvalue weighted by molar-refractivity contribution is 0.493. The Bertz CT molecular complexity index is 968. The van der Waals surface area contributed by atoms with Crippen LogP contribution in [0, 0.1) is 13.8 Å². The summed E-state index contributed by atoms with van der Waals surface area (Å²) >= 11 is 0. The molecule has 1 aliphatic rings. The van der Waals surface area contributed by atoms with Crippen molar-refractivity contribution in [2.75, 3.05) is 25.5 Å². The summed E-state index contributed by atoms with van der Waals surface area (Å²) in [7, 11) is 4.23. The van der Waals surface area contributed by atoms with E-state index in [9.17, 15) is 0 Å². The molecule has 3 rings (SSSR count). The van der Waals surface area contributed by atoms with Gasteiger partial charge in [0.05, 0.1) is 23.1 Å². The minimum atomic E-state index is 0.0782. The highest BCUT2D eigenvalue weighted by molar-refractivity contribution is 5.94. The van der Waals surface area contributed by atoms with Crippen LogP contribution in [0.4, 0.5) is 5.69 Å². The van der Waals surface area contributed by atoms with E-state index in [-0.39, 0.29) is 6.04 Å². The highest BCUT2D eigenvalue weighted by atomic mass is 15.2. The summed E-state index contributed by atoms with van der Waals surface area (Å²) in [6.07, 6.45) is 4.06. The zero-order valence-corrected chi connectivity index (χ0v) is 18.9. The van der Waals surface area contributed by atoms with Crippen molar-refractivity contribution >= 4 is 17.5 Å². The summed E-state index contributed by atoms with van der Waals surface area (Å²) in [5, 5.41) is 3.70. The molecule has 1 atom stereocenters. The van der Waals surface area contributed by atoms with Crippen molar-refractivity contribution in [1.29, 1.82) is 0 Å². The number of rotatable bonds is 5. The number of nitrogens with zero attached hydrogens (tertiary/aromatic N) is 3. The largest absolute Gasteiger partial charge is 0.376 e. The maximum Gasteiger partial charge on any atom is 0.0884 e. The van der Waals surface area contributed by atoms with E-state index in [0.29, 0.717) is 0 Å². The van der Waals surface area contributed by atoms with Crippen molar-refractivity contribution in [2.24, 2.45) is 4.99 Å². The number of benzene rings is 1. The molecule has 0 amide bonds. The van der Waals surface area contributed by atoms with Gasteiger partial charge in [-0.25, -0.2) is 0 Å². The van der Waals surface area contributed by atoms with Crippen molar-refractivity contribution in [3.8, 4) is 11.3 Å². The zero-order chi connectivity index (χ0) is 21.3. The summed E-state index contributed by atoms with van der Waals surface area (Å²) < 4.78 is 2.48. The first-order valence-corrected chi connectivity index (χ1v) is 10.3. The average Bonchev–Trinajstić information content (AvgIpc) is 3.01. The first-order valence-electron chi connectivity index (χ1n) is 10.3. The van der Waals surface area contributed by atoms with E-state index in [2.05, 4.69) is 74.4 Å². The fourth-order valence-electron chi connectivity index (χ4n) is 4.42. The van der Waals surface area contributed by atoms with Crippen LogP contribution in [-0.4, -0.2) is 30.9 Å². The van der Waals surface area contributed by atoms with E-state index in [1.165, 1.54) is 39.3 Å². The molecule has 1 aliphatic heterocycles. The first kappa shape index (κ1) is 21.1. The molecule has 0 saturated carbocycles. The predicted molar refractivity (Wildman–Crippen MR) is 127 cm³/mol. The predicted octanol–water partition coefficient (Wildman–Crippen LogP) is 5.51. The van der Waals surface area contributed by atoms with Crippen LogP contribution >= 0.6 is 0 Å². The van der Waals surface area contributed by atoms with E-state index in [0.717, 1.165) is 24.5 Å². The Kier molecular flexibility index (Phi) is 6.13. The molecule has 29 heavy (non-hydrogen) atoms. The number of aryl methyl sites for hydroxylation is 2. The van der Waals surface area contributed by atoms with Gasteiger partial charge in [-0.2, -0.15) is 0 Å². The molecule has 1 unspecified atom stereocenters. The van der Waals surface area contributed by atoms with E-state index in [1.54, 1.807) is 0 Å². The Balaban J connectivity index is 2.33. The summed E-state index contributed by atoms with van der Waals surface area (Å²) in [6, 6.07) is 6.87. The second-order valence-electron chi connectivity index (χ2n) is 8.19. The van der Waals surface area contributed by atoms with Crippen molar-refractivity contribution in [1.82, 2.24) is 9.88 Å². The number of aliphatic imine (C=N–C) groups is 1. The molecule has 2 aromatic rings. The standard InChI is InChI=1S/C25H34N4/c1-9-18(5)27-19(6)22-25-24(28(7)8)21(10-2)23(29(25)12-11-26-22)20-14-16(3)13-17(4)15-20/h9-10,13-15,22,26H,2,11-12H2,1,3-8H3/b18-9-,27-19?. The van der Waals surface area contributed by atoms with Crippen molar-refractivity contribution < 1.29 is 0 Å². The Hall–Kier alpha value is -2.59. The third-order valence-electron chi connectivity index (χ3n) is 5.61. The monoisotopic (exact) mass is 390 g/mol. The van der Waals surface area contributed by atoms with Gasteiger partial charge in [0.15, 0.2) is 0 Å². The lowest BCUT2D eigenvalue weighted by Gasteiger charge is -2.30. The number of nitrogens with one attached hydrogen (secondary N) is 1. The van der Waals surface area contributed by atoms with Crippen LogP contribution in [-0.2, 0) is 6.54 Å². The molecule has 1 aromatic carbocycles. The molecule has 0 bridgehead atoms. The van der Waals surface area contributed by atoms with Crippen LogP contribution in [0.3, 0.4) is 0 Å². The normalized spacial score (nSPS) is 17.3. The Morgan fingerprint density at radius 1 is 1.21 bits per heavy atom. The minimum Gasteiger partial charge on any atom is -0.376 e. The van der Waals surface area contributed by atoms with Crippen LogP contribution in [0.1, 0.15) is 49.2 Å². The van der Waals surface area contributed by atoms with Crippen LogP contribution in [0.25, 0.3) is 17.3 Å². The molecular formula is C25H34N4. The van der Waals surface area contributed by atoms with Crippen LogP contribution in [0.2, 0.25) is 0 Å². The summed E-state index contributed by atoms with van der Waals surface area (Å²) in [5.41, 5.74) is 10.9. The Labute approximate surface area is 175 Å². The number of aromatic nitrogens is 1. The van der Waals surface area contributed by atoms with Gasteiger partial charge in [-0.3, -0.25) is 4.99 Å². The maximum absolute atomic E-state index is 4.84. The minimum absolute atomic E-state index is 0.0782. The van der Waals surface area contributed by atoms with E-state index in [1.807, 2.05) is 26.0 Å². The smallest absolute Gasteiger partial charge is 0.0884 e. The third kappa shape index (κ3) is 3.95. The molecule has 0 radical (unpaired) electrons. The number of hydrogen-bond acceptors (Lipinski definition) is 3. The Morgan fingerprint density at radius 3 is 2.41 bits per heavy atom.